The Morgan fingerprint density at radius 3 is 2.38 bits per heavy atom. The lowest BCUT2D eigenvalue weighted by Crippen LogP contribution is -2.19. The molecule has 0 aliphatic rings. The van der Waals surface area contributed by atoms with Crippen LogP contribution < -0.4 is 5.73 Å². The molecule has 0 radical (unpaired) electrons. The molecule has 0 bridgehead atoms. The van der Waals surface area contributed by atoms with Crippen molar-refractivity contribution >= 4 is 5.91 Å². The number of unbranched alkanes of at least 4 members (excludes halogenated alkanes) is 1. The summed E-state index contributed by atoms with van der Waals surface area (Å²) in [5.41, 5.74) is 5.11. The molecular formula is C10H21NO2. The van der Waals surface area contributed by atoms with Crippen LogP contribution in [-0.4, -0.2) is 17.6 Å². The van der Waals surface area contributed by atoms with E-state index in [2.05, 4.69) is 6.92 Å². The topological polar surface area (TPSA) is 63.3 Å². The highest BCUT2D eigenvalue weighted by molar-refractivity contribution is 5.73. The number of hydrogen-bond acceptors (Lipinski definition) is 2. The van der Waals surface area contributed by atoms with Gasteiger partial charge in [0.25, 0.3) is 0 Å². The van der Waals surface area contributed by atoms with Crippen LogP contribution in [0.4, 0.5) is 0 Å². The maximum absolute atomic E-state index is 10.6. The van der Waals surface area contributed by atoms with Gasteiger partial charge in [-0.2, -0.15) is 0 Å². The number of carbonyl (C=O) groups is 1. The lowest BCUT2D eigenvalue weighted by molar-refractivity contribution is -0.119. The molecule has 0 saturated carbocycles. The van der Waals surface area contributed by atoms with E-state index in [0.717, 1.165) is 19.3 Å². The Morgan fingerprint density at radius 1 is 1.31 bits per heavy atom. The fraction of sp³-hybridized carbons (Fsp3) is 0.900. The zero-order valence-electron chi connectivity index (χ0n) is 8.62. The molecular weight excluding hydrogens is 166 g/mol. The summed E-state index contributed by atoms with van der Waals surface area (Å²) in [4.78, 5) is 10.6. The highest BCUT2D eigenvalue weighted by atomic mass is 16.2. The molecule has 3 heteroatoms. The molecule has 0 fully saturated rings. The van der Waals surface area contributed by atoms with E-state index in [1.54, 1.807) is 0 Å². The summed E-state index contributed by atoms with van der Waals surface area (Å²) in [5, 5.41) is 8.59. The molecule has 3 nitrogen and oxygen atoms in total. The second kappa shape index (κ2) is 6.89. The van der Waals surface area contributed by atoms with E-state index in [0.29, 0.717) is 18.3 Å². The first-order chi connectivity index (χ1) is 6.07. The monoisotopic (exact) mass is 187 g/mol. The van der Waals surface area contributed by atoms with E-state index in [-0.39, 0.29) is 12.5 Å². The van der Waals surface area contributed by atoms with E-state index < -0.39 is 0 Å². The number of hydrogen-bond donors (Lipinski definition) is 2. The van der Waals surface area contributed by atoms with Crippen LogP contribution in [0.2, 0.25) is 0 Å². The molecule has 13 heavy (non-hydrogen) atoms. The van der Waals surface area contributed by atoms with Gasteiger partial charge in [0, 0.05) is 13.0 Å². The second-order valence-corrected chi connectivity index (χ2v) is 3.84. The average Bonchev–Trinajstić information content (AvgIpc) is 2.03. The predicted molar refractivity (Wildman–Crippen MR) is 53.1 cm³/mol. The lowest BCUT2D eigenvalue weighted by Gasteiger charge is -2.17. The molecule has 3 N–H and O–H groups in total. The van der Waals surface area contributed by atoms with Gasteiger partial charge in [0.2, 0.25) is 5.91 Å². The average molecular weight is 187 g/mol. The maximum atomic E-state index is 10.6. The van der Waals surface area contributed by atoms with Gasteiger partial charge in [-0.25, -0.2) is 0 Å². The Balaban J connectivity index is 3.56. The quantitative estimate of drug-likeness (QED) is 0.590. The van der Waals surface area contributed by atoms with Gasteiger partial charge in [-0.15, -0.1) is 0 Å². The molecule has 0 saturated heterocycles. The molecule has 0 spiro atoms. The van der Waals surface area contributed by atoms with Crippen LogP contribution in [0.1, 0.15) is 39.5 Å². The zero-order valence-corrected chi connectivity index (χ0v) is 8.62. The molecule has 0 heterocycles. The molecule has 0 aromatic carbocycles. The van der Waals surface area contributed by atoms with Crippen molar-refractivity contribution in [2.45, 2.75) is 39.5 Å². The van der Waals surface area contributed by atoms with Gasteiger partial charge in [-0.05, 0) is 18.3 Å². The molecule has 0 aromatic heterocycles. The summed E-state index contributed by atoms with van der Waals surface area (Å²) >= 11 is 0. The summed E-state index contributed by atoms with van der Waals surface area (Å²) < 4.78 is 0. The van der Waals surface area contributed by atoms with E-state index in [4.69, 9.17) is 10.8 Å². The van der Waals surface area contributed by atoms with Gasteiger partial charge < -0.3 is 10.8 Å². The normalized spacial score (nSPS) is 15.3. The summed E-state index contributed by atoms with van der Waals surface area (Å²) in [5.74, 6) is 0.650. The van der Waals surface area contributed by atoms with Crippen molar-refractivity contribution in [1.29, 1.82) is 0 Å². The van der Waals surface area contributed by atoms with E-state index in [9.17, 15) is 4.79 Å². The number of amides is 1. The summed E-state index contributed by atoms with van der Waals surface area (Å²) in [6.07, 6.45) is 3.42. The van der Waals surface area contributed by atoms with Crippen LogP contribution in [0.3, 0.4) is 0 Å². The van der Waals surface area contributed by atoms with E-state index in [1.807, 2.05) is 6.92 Å². The Labute approximate surface area is 80.3 Å². The highest BCUT2D eigenvalue weighted by Crippen LogP contribution is 2.20. The van der Waals surface area contributed by atoms with Gasteiger partial charge in [0.05, 0.1) is 0 Å². The summed E-state index contributed by atoms with van der Waals surface area (Å²) in [6, 6.07) is 0. The Hall–Kier alpha value is -0.570. The minimum atomic E-state index is -0.221. The molecule has 0 unspecified atom stereocenters. The van der Waals surface area contributed by atoms with Crippen LogP contribution in [0.25, 0.3) is 0 Å². The molecule has 1 amide bonds. The molecule has 0 aromatic rings. The van der Waals surface area contributed by atoms with Gasteiger partial charge in [-0.1, -0.05) is 26.7 Å². The van der Waals surface area contributed by atoms with Crippen LogP contribution in [0.15, 0.2) is 0 Å². The summed E-state index contributed by atoms with van der Waals surface area (Å²) in [6.45, 7) is 4.44. The van der Waals surface area contributed by atoms with Crippen molar-refractivity contribution < 1.29 is 9.90 Å². The van der Waals surface area contributed by atoms with Crippen LogP contribution in [-0.2, 0) is 4.79 Å². The fourth-order valence-electron chi connectivity index (χ4n) is 1.38. The maximum Gasteiger partial charge on any atom is 0.217 e. The van der Waals surface area contributed by atoms with Crippen LogP contribution >= 0.6 is 0 Å². The van der Waals surface area contributed by atoms with Gasteiger partial charge >= 0.3 is 0 Å². The van der Waals surface area contributed by atoms with Gasteiger partial charge in [0.1, 0.15) is 0 Å². The first-order valence-electron chi connectivity index (χ1n) is 4.97. The smallest absolute Gasteiger partial charge is 0.217 e. The van der Waals surface area contributed by atoms with Crippen molar-refractivity contribution in [3.05, 3.63) is 0 Å². The molecule has 78 valence electrons. The second-order valence-electron chi connectivity index (χ2n) is 3.84. The number of aliphatic hydroxyl groups excluding tert-OH is 1. The molecule has 0 rings (SSSR count). The van der Waals surface area contributed by atoms with Gasteiger partial charge in [0.15, 0.2) is 0 Å². The summed E-state index contributed by atoms with van der Waals surface area (Å²) in [7, 11) is 0. The predicted octanol–water partition coefficient (Wildman–Crippen LogP) is 1.30. The van der Waals surface area contributed by atoms with Crippen molar-refractivity contribution in [2.75, 3.05) is 6.61 Å². The van der Waals surface area contributed by atoms with Gasteiger partial charge in [-0.3, -0.25) is 4.79 Å². The SMILES string of the molecule is C[C@H](CCCCO)[C@@H](C)CC(N)=O. The van der Waals surface area contributed by atoms with E-state index >= 15 is 0 Å². The molecule has 0 aliphatic carbocycles. The number of nitrogens with two attached hydrogens (primary N) is 1. The standard InChI is InChI=1S/C10H21NO2/c1-8(5-3-4-6-12)9(2)7-10(11)13/h8-9,12H,3-7H2,1-2H3,(H2,11,13)/t8-,9+/m1/s1. The lowest BCUT2D eigenvalue weighted by atomic mass is 9.88. The first kappa shape index (κ1) is 12.4. The van der Waals surface area contributed by atoms with Crippen LogP contribution in [0, 0.1) is 11.8 Å². The van der Waals surface area contributed by atoms with E-state index in [1.165, 1.54) is 0 Å². The number of aliphatic hydroxyl groups is 1. The minimum Gasteiger partial charge on any atom is -0.396 e. The number of rotatable bonds is 7. The Bertz CT molecular complexity index is 148. The largest absolute Gasteiger partial charge is 0.396 e. The first-order valence-corrected chi connectivity index (χ1v) is 4.97. The Morgan fingerprint density at radius 2 is 1.92 bits per heavy atom. The third kappa shape index (κ3) is 6.58. The highest BCUT2D eigenvalue weighted by Gasteiger charge is 2.13. The number of primary amides is 1. The zero-order chi connectivity index (χ0) is 10.3. The minimum absolute atomic E-state index is 0.221. The van der Waals surface area contributed by atoms with Crippen molar-refractivity contribution in [1.82, 2.24) is 0 Å². The Kier molecular flexibility index (Phi) is 6.59. The van der Waals surface area contributed by atoms with Crippen molar-refractivity contribution in [3.63, 3.8) is 0 Å². The third-order valence-corrected chi connectivity index (χ3v) is 2.56. The fourth-order valence-corrected chi connectivity index (χ4v) is 1.38. The van der Waals surface area contributed by atoms with Crippen molar-refractivity contribution in [3.8, 4) is 0 Å². The molecule has 2 atom stereocenters. The number of carbonyl (C=O) groups excluding carboxylic acids is 1. The molecule has 0 aliphatic heterocycles. The third-order valence-electron chi connectivity index (χ3n) is 2.56. The van der Waals surface area contributed by atoms with Crippen molar-refractivity contribution in [2.24, 2.45) is 17.6 Å². The van der Waals surface area contributed by atoms with Crippen LogP contribution in [0.5, 0.6) is 0 Å².